The quantitative estimate of drug-likeness (QED) is 0.416. The highest BCUT2D eigenvalue weighted by Gasteiger charge is 2.50. The first-order chi connectivity index (χ1) is 18.9. The van der Waals surface area contributed by atoms with Crippen LogP contribution in [-0.4, -0.2) is 50.9 Å². The number of fused-ring (bicyclic) bond motifs is 1. The van der Waals surface area contributed by atoms with Gasteiger partial charge in [0.1, 0.15) is 12.4 Å². The normalized spacial score (nSPS) is 20.5. The Labute approximate surface area is 229 Å². The van der Waals surface area contributed by atoms with E-state index in [2.05, 4.69) is 29.3 Å². The van der Waals surface area contributed by atoms with Crippen LogP contribution < -0.4 is 15.0 Å². The average Bonchev–Trinajstić information content (AvgIpc) is 3.29. The van der Waals surface area contributed by atoms with Crippen LogP contribution in [-0.2, 0) is 33.8 Å². The van der Waals surface area contributed by atoms with Gasteiger partial charge in [0.05, 0.1) is 30.9 Å². The molecule has 2 aliphatic heterocycles. The fourth-order valence-electron chi connectivity index (χ4n) is 5.91. The summed E-state index contributed by atoms with van der Waals surface area (Å²) in [5, 5.41) is 3.42. The molecule has 0 aliphatic carbocycles. The van der Waals surface area contributed by atoms with Crippen molar-refractivity contribution in [1.82, 2.24) is 10.3 Å². The molecule has 0 saturated carbocycles. The van der Waals surface area contributed by atoms with Crippen molar-refractivity contribution in [2.45, 2.75) is 45.9 Å². The zero-order chi connectivity index (χ0) is 27.6. The van der Waals surface area contributed by atoms with E-state index in [-0.39, 0.29) is 24.4 Å². The monoisotopic (exact) mass is 533 g/mol. The van der Waals surface area contributed by atoms with Gasteiger partial charge >= 0.3 is 5.97 Å². The summed E-state index contributed by atoms with van der Waals surface area (Å²) in [7, 11) is 3.03. The van der Waals surface area contributed by atoms with Crippen molar-refractivity contribution in [2.24, 2.45) is 5.41 Å². The maximum absolute atomic E-state index is 15.1. The van der Waals surface area contributed by atoms with Gasteiger partial charge in [-0.25, -0.2) is 9.37 Å². The number of aromatic nitrogens is 1. The predicted octanol–water partition coefficient (Wildman–Crippen LogP) is 4.83. The van der Waals surface area contributed by atoms with Crippen LogP contribution in [0.4, 0.5) is 10.2 Å². The Balaban J connectivity index is 1.43. The maximum atomic E-state index is 15.1. The SMILES string of the molecule is COC[C@H]1N(c2cccc(-c3cccc(F)c3OCc3cc(C)c4c(c3)CCNC4)n2)CC[C@@]1(C)C(=O)OC. The molecule has 3 aromatic rings. The summed E-state index contributed by atoms with van der Waals surface area (Å²) in [6.45, 7) is 7.08. The second kappa shape index (κ2) is 11.3. The number of nitrogens with one attached hydrogen (secondary N) is 1. The number of rotatable bonds is 8. The van der Waals surface area contributed by atoms with E-state index in [4.69, 9.17) is 19.2 Å². The Morgan fingerprint density at radius 2 is 2.03 bits per heavy atom. The molecule has 0 bridgehead atoms. The second-order valence-corrected chi connectivity index (χ2v) is 10.6. The number of nitrogens with zero attached hydrogens (tertiary/aromatic N) is 2. The van der Waals surface area contributed by atoms with Crippen LogP contribution in [0.5, 0.6) is 5.75 Å². The Bertz CT molecular complexity index is 1360. The summed E-state index contributed by atoms with van der Waals surface area (Å²) in [6, 6.07) is 14.6. The minimum Gasteiger partial charge on any atom is -0.485 e. The third-order valence-corrected chi connectivity index (χ3v) is 8.11. The van der Waals surface area contributed by atoms with Gasteiger partial charge in [-0.1, -0.05) is 24.3 Å². The van der Waals surface area contributed by atoms with E-state index < -0.39 is 11.2 Å². The molecule has 1 aromatic heterocycles. The number of methoxy groups -OCH3 is 2. The molecule has 3 heterocycles. The Morgan fingerprint density at radius 3 is 2.82 bits per heavy atom. The van der Waals surface area contributed by atoms with Crippen LogP contribution in [0.1, 0.15) is 35.6 Å². The van der Waals surface area contributed by atoms with Crippen molar-refractivity contribution in [3.8, 4) is 17.0 Å². The number of carbonyl (C=O) groups excluding carboxylic acids is 1. The third-order valence-electron chi connectivity index (χ3n) is 8.11. The molecule has 206 valence electrons. The van der Waals surface area contributed by atoms with E-state index in [9.17, 15) is 4.79 Å². The number of anilines is 1. The minimum absolute atomic E-state index is 0.174. The first kappa shape index (κ1) is 27.1. The first-order valence-electron chi connectivity index (χ1n) is 13.4. The molecule has 0 unspecified atom stereocenters. The van der Waals surface area contributed by atoms with E-state index in [1.807, 2.05) is 31.2 Å². The topological polar surface area (TPSA) is 72.9 Å². The highest BCUT2D eigenvalue weighted by molar-refractivity contribution is 5.79. The summed E-state index contributed by atoms with van der Waals surface area (Å²) in [6.07, 6.45) is 1.59. The molecule has 0 amide bonds. The molecule has 2 aliphatic rings. The van der Waals surface area contributed by atoms with Gasteiger partial charge in [-0.3, -0.25) is 4.79 Å². The summed E-state index contributed by atoms with van der Waals surface area (Å²) < 4.78 is 31.9. The molecule has 2 aromatic carbocycles. The first-order valence-corrected chi connectivity index (χ1v) is 13.4. The zero-order valence-electron chi connectivity index (χ0n) is 23.1. The van der Waals surface area contributed by atoms with Crippen molar-refractivity contribution in [3.05, 3.63) is 76.6 Å². The lowest BCUT2D eigenvalue weighted by Crippen LogP contribution is -2.46. The van der Waals surface area contributed by atoms with E-state index in [1.54, 1.807) is 13.2 Å². The lowest BCUT2D eigenvalue weighted by molar-refractivity contribution is -0.152. The fourth-order valence-corrected chi connectivity index (χ4v) is 5.91. The molecule has 1 saturated heterocycles. The maximum Gasteiger partial charge on any atom is 0.313 e. The zero-order valence-corrected chi connectivity index (χ0v) is 23.1. The van der Waals surface area contributed by atoms with Crippen LogP contribution in [0, 0.1) is 18.2 Å². The van der Waals surface area contributed by atoms with Crippen LogP contribution in [0.3, 0.4) is 0 Å². The number of aryl methyl sites for hydroxylation is 1. The Kier molecular flexibility index (Phi) is 7.86. The molecule has 8 heteroatoms. The summed E-state index contributed by atoms with van der Waals surface area (Å²) in [5.41, 5.74) is 5.35. The lowest BCUT2D eigenvalue weighted by Gasteiger charge is -2.33. The fraction of sp³-hybridized carbons (Fsp3) is 0.419. The molecule has 0 radical (unpaired) electrons. The van der Waals surface area contributed by atoms with Crippen LogP contribution >= 0.6 is 0 Å². The van der Waals surface area contributed by atoms with Gasteiger partial charge < -0.3 is 24.4 Å². The van der Waals surface area contributed by atoms with Crippen molar-refractivity contribution >= 4 is 11.8 Å². The average molecular weight is 534 g/mol. The number of esters is 1. The van der Waals surface area contributed by atoms with Crippen LogP contribution in [0.2, 0.25) is 0 Å². The molecule has 2 atom stereocenters. The Hall–Kier alpha value is -3.49. The largest absolute Gasteiger partial charge is 0.485 e. The van der Waals surface area contributed by atoms with Crippen molar-refractivity contribution in [3.63, 3.8) is 0 Å². The van der Waals surface area contributed by atoms with E-state index in [0.717, 1.165) is 25.1 Å². The summed E-state index contributed by atoms with van der Waals surface area (Å²) >= 11 is 0. The second-order valence-electron chi connectivity index (χ2n) is 10.6. The molecule has 39 heavy (non-hydrogen) atoms. The molecule has 5 rings (SSSR count). The molecule has 7 nitrogen and oxygen atoms in total. The molecular formula is C31H36FN3O4. The number of benzene rings is 2. The number of carbonyl (C=O) groups is 1. The molecule has 0 spiro atoms. The molecule has 1 N–H and O–H groups in total. The molecular weight excluding hydrogens is 497 g/mol. The minimum atomic E-state index is -0.724. The highest BCUT2D eigenvalue weighted by atomic mass is 19.1. The van der Waals surface area contributed by atoms with Crippen LogP contribution in [0.15, 0.2) is 48.5 Å². The predicted molar refractivity (Wildman–Crippen MR) is 148 cm³/mol. The number of halogens is 1. The standard InChI is InChI=1S/C31H36FN3O4/c1-20-15-21(16-22-11-13-33-17-24(20)22)18-39-29-23(7-5-8-25(29)32)26-9-6-10-28(34-26)35-14-12-31(2,30(36)38-4)27(35)19-37-3/h5-10,15-16,27,33H,11-14,17-19H2,1-4H3/t27-,31-/m1/s1. The number of para-hydroxylation sites is 1. The summed E-state index contributed by atoms with van der Waals surface area (Å²) in [5.74, 6) is 0.165. The summed E-state index contributed by atoms with van der Waals surface area (Å²) in [4.78, 5) is 19.7. The van der Waals surface area contributed by atoms with Crippen molar-refractivity contribution < 1.29 is 23.4 Å². The van der Waals surface area contributed by atoms with Gasteiger partial charge in [-0.2, -0.15) is 0 Å². The third kappa shape index (κ3) is 5.23. The number of hydrogen-bond acceptors (Lipinski definition) is 7. The Morgan fingerprint density at radius 1 is 1.21 bits per heavy atom. The van der Waals surface area contributed by atoms with Gasteiger partial charge in [0.15, 0.2) is 11.6 Å². The van der Waals surface area contributed by atoms with Gasteiger partial charge in [0.2, 0.25) is 0 Å². The van der Waals surface area contributed by atoms with Gasteiger partial charge in [-0.15, -0.1) is 0 Å². The van der Waals surface area contributed by atoms with E-state index in [0.29, 0.717) is 36.6 Å². The van der Waals surface area contributed by atoms with Gasteiger partial charge in [0, 0.05) is 25.8 Å². The lowest BCUT2D eigenvalue weighted by atomic mass is 9.82. The van der Waals surface area contributed by atoms with E-state index in [1.165, 1.54) is 29.9 Å². The van der Waals surface area contributed by atoms with Crippen LogP contribution in [0.25, 0.3) is 11.3 Å². The number of pyridine rings is 1. The molecule has 1 fully saturated rings. The van der Waals surface area contributed by atoms with Gasteiger partial charge in [0.25, 0.3) is 0 Å². The van der Waals surface area contributed by atoms with Gasteiger partial charge in [-0.05, 0) is 79.8 Å². The van der Waals surface area contributed by atoms with Crippen molar-refractivity contribution in [1.29, 1.82) is 0 Å². The van der Waals surface area contributed by atoms with Crippen molar-refractivity contribution in [2.75, 3.05) is 38.8 Å². The number of ether oxygens (including phenoxy) is 3. The highest BCUT2D eigenvalue weighted by Crippen LogP contribution is 2.41. The smallest absolute Gasteiger partial charge is 0.313 e. The van der Waals surface area contributed by atoms with E-state index >= 15 is 4.39 Å². The number of hydrogen-bond donors (Lipinski definition) is 1.